The van der Waals surface area contributed by atoms with Gasteiger partial charge in [-0.1, -0.05) is 22.3 Å². The van der Waals surface area contributed by atoms with Gasteiger partial charge >= 0.3 is 6.18 Å². The van der Waals surface area contributed by atoms with E-state index in [1.807, 2.05) is 0 Å². The highest BCUT2D eigenvalue weighted by Gasteiger charge is 2.53. The van der Waals surface area contributed by atoms with Gasteiger partial charge in [0.1, 0.15) is 16.4 Å². The average molecular weight is 669 g/mol. The van der Waals surface area contributed by atoms with Crippen LogP contribution in [0.4, 0.5) is 22.0 Å². The summed E-state index contributed by atoms with van der Waals surface area (Å²) in [7, 11) is -12.8. The van der Waals surface area contributed by atoms with Gasteiger partial charge in [-0.3, -0.25) is 8.37 Å². The fourth-order valence-corrected chi connectivity index (χ4v) is 8.10. The summed E-state index contributed by atoms with van der Waals surface area (Å²) in [5.41, 5.74) is -1.73. The molecule has 2 aromatic rings. The number of alkyl halides is 3. The third-order valence-electron chi connectivity index (χ3n) is 6.46. The lowest BCUT2D eigenvalue weighted by atomic mass is 9.74. The molecule has 0 amide bonds. The first-order valence-corrected chi connectivity index (χ1v) is 16.5. The molecule has 1 aliphatic carbocycles. The van der Waals surface area contributed by atoms with Crippen LogP contribution in [-0.2, 0) is 49.4 Å². The lowest BCUT2D eigenvalue weighted by Gasteiger charge is -2.44. The molecule has 0 bridgehead atoms. The van der Waals surface area contributed by atoms with Gasteiger partial charge in [0.25, 0.3) is 20.2 Å². The van der Waals surface area contributed by atoms with Crippen LogP contribution in [0.25, 0.3) is 0 Å². The highest BCUT2D eigenvalue weighted by molar-refractivity contribution is 7.92. The second kappa shape index (κ2) is 14.1. The first-order chi connectivity index (χ1) is 17.8. The van der Waals surface area contributed by atoms with E-state index < -0.39 is 100 Å². The summed E-state index contributed by atoms with van der Waals surface area (Å²) in [6.45, 7) is -0.505. The highest BCUT2D eigenvalue weighted by atomic mass is 32.2. The van der Waals surface area contributed by atoms with Crippen LogP contribution in [0.5, 0.6) is 0 Å². The molecule has 0 aliphatic heterocycles. The predicted octanol–water partition coefficient (Wildman–Crippen LogP) is 6.07. The molecule has 0 unspecified atom stereocenters. The topological polar surface area (TPSA) is 121 Å². The molecule has 242 valence electrons. The largest absolute Gasteiger partial charge is 0.416 e. The van der Waals surface area contributed by atoms with Crippen LogP contribution in [0.15, 0.2) is 47.4 Å². The fourth-order valence-electron chi connectivity index (χ4n) is 4.79. The van der Waals surface area contributed by atoms with Crippen LogP contribution in [0.2, 0.25) is 0 Å². The standard InChI is InChI=1S/C23H25F5O8S3.3CH4/c1-37(29,30)35-12-10-15-14-22(11-9-21(15)36-38(2,31)32,19-13-17(24)5-8-20(19)25)39(33,34)18-6-3-16(4-7-18)23(26,27)28;;;/h3-8,13,15,21H,9-12,14H2,1-2H3;3*1H4/t15-,21-,22-;;;/m1.../s1. The van der Waals surface area contributed by atoms with E-state index in [2.05, 4.69) is 0 Å². The van der Waals surface area contributed by atoms with Gasteiger partial charge in [-0.05, 0) is 74.1 Å². The van der Waals surface area contributed by atoms with E-state index in [1.165, 1.54) is 0 Å². The molecule has 42 heavy (non-hydrogen) atoms. The maximum atomic E-state index is 15.2. The number of benzene rings is 2. The summed E-state index contributed by atoms with van der Waals surface area (Å²) < 4.78 is 151. The predicted molar refractivity (Wildman–Crippen MR) is 149 cm³/mol. The molecule has 3 atom stereocenters. The molecule has 0 N–H and O–H groups in total. The van der Waals surface area contributed by atoms with Gasteiger partial charge in [0.05, 0.1) is 35.7 Å². The monoisotopic (exact) mass is 668 g/mol. The zero-order valence-electron chi connectivity index (χ0n) is 20.6. The maximum Gasteiger partial charge on any atom is 0.416 e. The molecule has 0 spiro atoms. The zero-order chi connectivity index (χ0) is 29.4. The minimum Gasteiger partial charge on any atom is -0.270 e. The second-order valence-corrected chi connectivity index (χ2v) is 14.8. The van der Waals surface area contributed by atoms with Gasteiger partial charge in [-0.15, -0.1) is 0 Å². The van der Waals surface area contributed by atoms with E-state index in [4.69, 9.17) is 8.37 Å². The van der Waals surface area contributed by atoms with Gasteiger partial charge in [0.2, 0.25) is 0 Å². The van der Waals surface area contributed by atoms with Gasteiger partial charge in [-0.25, -0.2) is 17.2 Å². The van der Waals surface area contributed by atoms with E-state index in [0.29, 0.717) is 36.4 Å². The Hall–Kier alpha value is -2.14. The molecule has 8 nitrogen and oxygen atoms in total. The van der Waals surface area contributed by atoms with Crippen LogP contribution in [-0.4, -0.2) is 50.5 Å². The number of hydrogen-bond acceptors (Lipinski definition) is 8. The summed E-state index contributed by atoms with van der Waals surface area (Å²) >= 11 is 0. The molecule has 1 saturated carbocycles. The van der Waals surface area contributed by atoms with Crippen molar-refractivity contribution in [3.05, 3.63) is 65.2 Å². The van der Waals surface area contributed by atoms with Crippen molar-refractivity contribution in [1.29, 1.82) is 0 Å². The van der Waals surface area contributed by atoms with Crippen molar-refractivity contribution in [2.24, 2.45) is 5.92 Å². The van der Waals surface area contributed by atoms with Crippen molar-refractivity contribution in [2.75, 3.05) is 19.1 Å². The van der Waals surface area contributed by atoms with Crippen LogP contribution in [0.3, 0.4) is 0 Å². The number of hydrogen-bond donors (Lipinski definition) is 0. The number of sulfone groups is 1. The zero-order valence-corrected chi connectivity index (χ0v) is 23.1. The van der Waals surface area contributed by atoms with Gasteiger partial charge in [0.15, 0.2) is 9.84 Å². The summed E-state index contributed by atoms with van der Waals surface area (Å²) in [6.07, 6.45) is -6.05. The molecule has 0 aromatic heterocycles. The van der Waals surface area contributed by atoms with E-state index >= 15 is 4.39 Å². The molecule has 1 aliphatic rings. The first kappa shape index (κ1) is 39.9. The summed E-state index contributed by atoms with van der Waals surface area (Å²) in [6, 6.07) is 4.62. The van der Waals surface area contributed by atoms with Crippen molar-refractivity contribution in [1.82, 2.24) is 0 Å². The lowest BCUT2D eigenvalue weighted by Crippen LogP contribution is -2.47. The molecular weight excluding hydrogens is 631 g/mol. The molecular formula is C26H37F5O8S3. The Morgan fingerprint density at radius 2 is 1.45 bits per heavy atom. The number of rotatable bonds is 9. The van der Waals surface area contributed by atoms with E-state index in [9.17, 15) is 42.8 Å². The van der Waals surface area contributed by atoms with Crippen molar-refractivity contribution in [3.63, 3.8) is 0 Å². The smallest absolute Gasteiger partial charge is 0.270 e. The van der Waals surface area contributed by atoms with Crippen LogP contribution in [0, 0.1) is 17.6 Å². The SMILES string of the molecule is C.C.C.CS(=O)(=O)OCC[C@@H]1C[C@](c2cc(F)ccc2F)(S(=O)(=O)c2ccc(C(F)(F)F)cc2)CC[C@H]1OS(C)(=O)=O. The molecule has 16 heteroatoms. The maximum absolute atomic E-state index is 15.2. The van der Waals surface area contributed by atoms with Crippen LogP contribution >= 0.6 is 0 Å². The quantitative estimate of drug-likeness (QED) is 0.233. The van der Waals surface area contributed by atoms with Crippen LogP contribution in [0.1, 0.15) is 59.1 Å². The lowest BCUT2D eigenvalue weighted by molar-refractivity contribution is -0.137. The van der Waals surface area contributed by atoms with Crippen molar-refractivity contribution in [3.8, 4) is 0 Å². The molecule has 3 rings (SSSR count). The molecule has 0 radical (unpaired) electrons. The third kappa shape index (κ3) is 9.18. The van der Waals surface area contributed by atoms with Gasteiger partial charge in [0, 0.05) is 5.56 Å². The van der Waals surface area contributed by atoms with E-state index in [-0.39, 0.29) is 35.1 Å². The fraction of sp³-hybridized carbons (Fsp3) is 0.538. The normalized spacial score (nSPS) is 21.4. The molecule has 2 aromatic carbocycles. The Morgan fingerprint density at radius 3 is 1.95 bits per heavy atom. The Balaban J connectivity index is 0.00000560. The average Bonchev–Trinajstić information content (AvgIpc) is 2.79. The first-order valence-electron chi connectivity index (χ1n) is 11.4. The Morgan fingerprint density at radius 1 is 0.881 bits per heavy atom. The molecule has 0 saturated heterocycles. The van der Waals surface area contributed by atoms with Crippen molar-refractivity contribution < 1.29 is 55.6 Å². The summed E-state index contributed by atoms with van der Waals surface area (Å²) in [5, 5.41) is 0. The second-order valence-electron chi connectivity index (χ2n) is 9.30. The Kier molecular flexibility index (Phi) is 13.4. The minimum absolute atomic E-state index is 0. The molecule has 1 fully saturated rings. The van der Waals surface area contributed by atoms with Crippen molar-refractivity contribution >= 4 is 30.1 Å². The summed E-state index contributed by atoms with van der Waals surface area (Å²) in [5.74, 6) is -3.16. The van der Waals surface area contributed by atoms with Crippen LogP contribution < -0.4 is 0 Å². The highest BCUT2D eigenvalue weighted by Crippen LogP contribution is 2.51. The van der Waals surface area contributed by atoms with E-state index in [0.717, 1.165) is 18.6 Å². The van der Waals surface area contributed by atoms with Gasteiger partial charge < -0.3 is 0 Å². The van der Waals surface area contributed by atoms with E-state index in [1.54, 1.807) is 0 Å². The summed E-state index contributed by atoms with van der Waals surface area (Å²) in [4.78, 5) is -0.604. The third-order valence-corrected chi connectivity index (χ3v) is 10.2. The van der Waals surface area contributed by atoms with Gasteiger partial charge in [-0.2, -0.15) is 30.0 Å². The van der Waals surface area contributed by atoms with Crippen molar-refractivity contribution in [2.45, 2.75) is 69.9 Å². The Labute approximate surface area is 245 Å². The molecule has 0 heterocycles. The number of halogens is 5. The minimum atomic E-state index is -4.77. The Bertz CT molecular complexity index is 1520.